The van der Waals surface area contributed by atoms with E-state index >= 15 is 0 Å². The van der Waals surface area contributed by atoms with E-state index in [9.17, 15) is 9.18 Å². The molecule has 2 aromatic rings. The topological polar surface area (TPSA) is 38.3 Å². The second-order valence-corrected chi connectivity index (χ2v) is 5.26. The highest BCUT2D eigenvalue weighted by molar-refractivity contribution is 14.1. The third kappa shape index (κ3) is 4.20. The molecule has 0 aliphatic carbocycles. The Balaban J connectivity index is 2.07. The van der Waals surface area contributed by atoms with Gasteiger partial charge in [0.1, 0.15) is 18.2 Å². The van der Waals surface area contributed by atoms with Crippen LogP contribution < -0.4 is 10.1 Å². The molecule has 0 saturated heterocycles. The van der Waals surface area contributed by atoms with Gasteiger partial charge in [-0.1, -0.05) is 5.92 Å². The molecule has 0 radical (unpaired) electrons. The van der Waals surface area contributed by atoms with E-state index in [0.29, 0.717) is 20.6 Å². The van der Waals surface area contributed by atoms with Gasteiger partial charge in [0.25, 0.3) is 5.91 Å². The maximum atomic E-state index is 13.0. The minimum atomic E-state index is -0.369. The molecular formula is C16H11FINO2. The van der Waals surface area contributed by atoms with Crippen molar-refractivity contribution in [3.05, 3.63) is 57.4 Å². The smallest absolute Gasteiger partial charge is 0.256 e. The van der Waals surface area contributed by atoms with Gasteiger partial charge in [-0.15, -0.1) is 6.42 Å². The van der Waals surface area contributed by atoms with Gasteiger partial charge in [0.15, 0.2) is 0 Å². The van der Waals surface area contributed by atoms with Crippen molar-refractivity contribution in [2.75, 3.05) is 11.9 Å². The quantitative estimate of drug-likeness (QED) is 0.634. The fraction of sp³-hybridized carbons (Fsp3) is 0.0625. The Labute approximate surface area is 135 Å². The highest BCUT2D eigenvalue weighted by Crippen LogP contribution is 2.18. The van der Waals surface area contributed by atoms with Gasteiger partial charge in [-0.3, -0.25) is 4.79 Å². The Hall–Kier alpha value is -2.07. The molecule has 0 aliphatic heterocycles. The molecule has 106 valence electrons. The molecule has 1 N–H and O–H groups in total. The van der Waals surface area contributed by atoms with Crippen LogP contribution in [0.5, 0.6) is 5.75 Å². The van der Waals surface area contributed by atoms with Crippen molar-refractivity contribution in [2.45, 2.75) is 0 Å². The number of terminal acetylenes is 1. The first kappa shape index (κ1) is 15.3. The number of halogens is 2. The molecular weight excluding hydrogens is 384 g/mol. The predicted molar refractivity (Wildman–Crippen MR) is 87.8 cm³/mol. The molecule has 0 aliphatic rings. The lowest BCUT2D eigenvalue weighted by atomic mass is 10.2. The summed E-state index contributed by atoms with van der Waals surface area (Å²) in [6.07, 6.45) is 5.10. The zero-order valence-electron chi connectivity index (χ0n) is 10.9. The highest BCUT2D eigenvalue weighted by Gasteiger charge is 2.11. The molecule has 5 heteroatoms. The van der Waals surface area contributed by atoms with E-state index in [4.69, 9.17) is 11.2 Å². The van der Waals surface area contributed by atoms with E-state index in [-0.39, 0.29) is 18.3 Å². The van der Waals surface area contributed by atoms with E-state index in [1.54, 1.807) is 24.3 Å². The zero-order valence-corrected chi connectivity index (χ0v) is 13.1. The largest absolute Gasteiger partial charge is 0.481 e. The third-order valence-corrected chi connectivity index (χ3v) is 3.50. The van der Waals surface area contributed by atoms with Crippen LogP contribution in [-0.4, -0.2) is 12.5 Å². The van der Waals surface area contributed by atoms with Crippen molar-refractivity contribution in [3.63, 3.8) is 0 Å². The van der Waals surface area contributed by atoms with Crippen LogP contribution in [0.4, 0.5) is 10.1 Å². The lowest BCUT2D eigenvalue weighted by Crippen LogP contribution is -2.13. The van der Waals surface area contributed by atoms with Crippen molar-refractivity contribution in [2.24, 2.45) is 0 Å². The van der Waals surface area contributed by atoms with Gasteiger partial charge >= 0.3 is 0 Å². The summed E-state index contributed by atoms with van der Waals surface area (Å²) in [5.41, 5.74) is 1.04. The Bertz CT molecular complexity index is 692. The van der Waals surface area contributed by atoms with Gasteiger partial charge in [-0.05, 0) is 65.1 Å². The maximum Gasteiger partial charge on any atom is 0.256 e. The number of ether oxygens (including phenoxy) is 1. The second-order valence-electron chi connectivity index (χ2n) is 4.10. The molecule has 2 rings (SSSR count). The van der Waals surface area contributed by atoms with E-state index in [1.165, 1.54) is 18.2 Å². The number of anilines is 1. The molecule has 0 bridgehead atoms. The number of carbonyl (C=O) groups is 1. The van der Waals surface area contributed by atoms with Crippen molar-refractivity contribution in [1.29, 1.82) is 0 Å². The molecule has 0 spiro atoms. The van der Waals surface area contributed by atoms with Crippen molar-refractivity contribution in [3.8, 4) is 18.1 Å². The Kier molecular flexibility index (Phi) is 5.17. The molecule has 21 heavy (non-hydrogen) atoms. The SMILES string of the molecule is C#CCOc1ccc(NC(=O)c2ccc(F)cc2I)cc1. The average molecular weight is 395 g/mol. The number of hydrogen-bond acceptors (Lipinski definition) is 2. The summed E-state index contributed by atoms with van der Waals surface area (Å²) in [6, 6.07) is 10.9. The summed E-state index contributed by atoms with van der Waals surface area (Å²) in [5, 5.41) is 2.74. The van der Waals surface area contributed by atoms with Crippen LogP contribution in [0.1, 0.15) is 10.4 Å². The van der Waals surface area contributed by atoms with Gasteiger partial charge in [0.2, 0.25) is 0 Å². The minimum absolute atomic E-state index is 0.194. The molecule has 0 heterocycles. The van der Waals surface area contributed by atoms with Crippen LogP contribution in [0.3, 0.4) is 0 Å². The van der Waals surface area contributed by atoms with Crippen LogP contribution >= 0.6 is 22.6 Å². The van der Waals surface area contributed by atoms with Crippen LogP contribution in [0.25, 0.3) is 0 Å². The summed E-state index contributed by atoms with van der Waals surface area (Å²) in [6.45, 7) is 0.194. The number of nitrogens with one attached hydrogen (secondary N) is 1. The second kappa shape index (κ2) is 7.09. The molecule has 2 aromatic carbocycles. The van der Waals surface area contributed by atoms with E-state index in [2.05, 4.69) is 11.2 Å². The molecule has 0 fully saturated rings. The summed E-state index contributed by atoms with van der Waals surface area (Å²) in [7, 11) is 0. The van der Waals surface area contributed by atoms with Crippen molar-refractivity contribution >= 4 is 34.2 Å². The third-order valence-electron chi connectivity index (χ3n) is 2.61. The maximum absolute atomic E-state index is 13.0. The van der Waals surface area contributed by atoms with Crippen molar-refractivity contribution in [1.82, 2.24) is 0 Å². The Morgan fingerprint density at radius 3 is 2.62 bits per heavy atom. The van der Waals surface area contributed by atoms with Gasteiger partial charge in [0.05, 0.1) is 5.56 Å². The van der Waals surface area contributed by atoms with Crippen LogP contribution in [0.15, 0.2) is 42.5 Å². The van der Waals surface area contributed by atoms with E-state index < -0.39 is 0 Å². The van der Waals surface area contributed by atoms with Crippen LogP contribution in [0, 0.1) is 21.7 Å². The number of amides is 1. The summed E-state index contributed by atoms with van der Waals surface area (Å²) < 4.78 is 18.8. The number of benzene rings is 2. The fourth-order valence-corrected chi connectivity index (χ4v) is 2.35. The molecule has 0 aromatic heterocycles. The van der Waals surface area contributed by atoms with Crippen LogP contribution in [0.2, 0.25) is 0 Å². The average Bonchev–Trinajstić information content (AvgIpc) is 2.46. The first-order chi connectivity index (χ1) is 10.1. The normalized spacial score (nSPS) is 9.76. The monoisotopic (exact) mass is 395 g/mol. The first-order valence-corrected chi connectivity index (χ1v) is 7.11. The Morgan fingerprint density at radius 1 is 1.29 bits per heavy atom. The minimum Gasteiger partial charge on any atom is -0.481 e. The first-order valence-electron chi connectivity index (χ1n) is 6.03. The van der Waals surface area contributed by atoms with Gasteiger partial charge in [0, 0.05) is 9.26 Å². The zero-order chi connectivity index (χ0) is 15.2. The van der Waals surface area contributed by atoms with Crippen LogP contribution in [-0.2, 0) is 0 Å². The predicted octanol–water partition coefficient (Wildman–Crippen LogP) is 3.69. The van der Waals surface area contributed by atoms with Crippen molar-refractivity contribution < 1.29 is 13.9 Å². The standard InChI is InChI=1S/C16H11FINO2/c1-2-9-21-13-6-4-12(5-7-13)19-16(20)14-8-3-11(17)10-15(14)18/h1,3-8,10H,9H2,(H,19,20). The van der Waals surface area contributed by atoms with E-state index in [0.717, 1.165) is 0 Å². The summed E-state index contributed by atoms with van der Waals surface area (Å²) >= 11 is 1.92. The number of rotatable bonds is 4. The Morgan fingerprint density at radius 2 is 2.00 bits per heavy atom. The molecule has 1 amide bonds. The lowest BCUT2D eigenvalue weighted by Gasteiger charge is -2.08. The summed E-state index contributed by atoms with van der Waals surface area (Å²) in [4.78, 5) is 12.1. The van der Waals surface area contributed by atoms with Gasteiger partial charge in [-0.2, -0.15) is 0 Å². The fourth-order valence-electron chi connectivity index (χ4n) is 1.63. The molecule has 0 atom stereocenters. The lowest BCUT2D eigenvalue weighted by molar-refractivity contribution is 0.102. The molecule has 0 unspecified atom stereocenters. The summed E-state index contributed by atoms with van der Waals surface area (Å²) in [5.74, 6) is 2.33. The van der Waals surface area contributed by atoms with Gasteiger partial charge in [-0.25, -0.2) is 4.39 Å². The number of hydrogen-bond donors (Lipinski definition) is 1. The molecule has 0 saturated carbocycles. The highest BCUT2D eigenvalue weighted by atomic mass is 127. The van der Waals surface area contributed by atoms with E-state index in [1.807, 2.05) is 22.6 Å². The number of carbonyl (C=O) groups excluding carboxylic acids is 1. The van der Waals surface area contributed by atoms with Gasteiger partial charge < -0.3 is 10.1 Å². The molecule has 3 nitrogen and oxygen atoms in total.